The Hall–Kier alpha value is -3.36. The average molecular weight is 442 g/mol. The van der Waals surface area contributed by atoms with Crippen LogP contribution in [0.2, 0.25) is 0 Å². The number of nitrogen functional groups attached to an aromatic ring is 1. The van der Waals surface area contributed by atoms with Crippen molar-refractivity contribution in [2.45, 2.75) is 58.9 Å². The lowest BCUT2D eigenvalue weighted by molar-refractivity contribution is -0.121. The van der Waals surface area contributed by atoms with Gasteiger partial charge in [0.1, 0.15) is 5.82 Å². The lowest BCUT2D eigenvalue weighted by Gasteiger charge is -2.27. The van der Waals surface area contributed by atoms with Crippen molar-refractivity contribution < 1.29 is 9.59 Å². The van der Waals surface area contributed by atoms with Crippen LogP contribution in [0.25, 0.3) is 0 Å². The second-order valence-corrected chi connectivity index (χ2v) is 8.13. The molecule has 9 nitrogen and oxygen atoms in total. The van der Waals surface area contributed by atoms with Gasteiger partial charge in [0.25, 0.3) is 5.56 Å². The zero-order chi connectivity index (χ0) is 23.3. The molecule has 0 fully saturated rings. The van der Waals surface area contributed by atoms with Gasteiger partial charge in [-0.25, -0.2) is 4.79 Å². The number of para-hydroxylation sites is 1. The zero-order valence-electron chi connectivity index (χ0n) is 18.6. The minimum atomic E-state index is -0.675. The van der Waals surface area contributed by atoms with Gasteiger partial charge >= 0.3 is 5.69 Å². The molecule has 0 spiro atoms. The first-order chi connectivity index (χ1) is 15.4. The fraction of sp³-hybridized carbons (Fsp3) is 0.478. The molecule has 9 heteroatoms. The summed E-state index contributed by atoms with van der Waals surface area (Å²) < 4.78 is 1.31. The maximum Gasteiger partial charge on any atom is 0.330 e. The molecule has 0 bridgehead atoms. The quantitative estimate of drug-likeness (QED) is 0.549. The van der Waals surface area contributed by atoms with Crippen LogP contribution < -0.4 is 27.2 Å². The number of H-pyrrole nitrogens is 1. The summed E-state index contributed by atoms with van der Waals surface area (Å²) in [4.78, 5) is 54.1. The first-order valence-corrected chi connectivity index (χ1v) is 11.2. The van der Waals surface area contributed by atoms with Crippen molar-refractivity contribution in [2.75, 3.05) is 22.5 Å². The van der Waals surface area contributed by atoms with E-state index < -0.39 is 11.2 Å². The third kappa shape index (κ3) is 4.92. The molecule has 1 aromatic carbocycles. The average Bonchev–Trinajstić information content (AvgIpc) is 2.76. The van der Waals surface area contributed by atoms with E-state index >= 15 is 0 Å². The van der Waals surface area contributed by atoms with Crippen LogP contribution in [0.5, 0.6) is 0 Å². The topological polar surface area (TPSA) is 130 Å². The van der Waals surface area contributed by atoms with Crippen LogP contribution in [-0.4, -0.2) is 27.9 Å². The molecule has 2 amide bonds. The van der Waals surface area contributed by atoms with E-state index in [0.717, 1.165) is 24.1 Å². The van der Waals surface area contributed by atoms with Crippen LogP contribution in [0.15, 0.2) is 33.9 Å². The number of fused-ring (bicyclic) bond motifs is 1. The molecule has 0 aliphatic carbocycles. The molecule has 32 heavy (non-hydrogen) atoms. The van der Waals surface area contributed by atoms with Crippen molar-refractivity contribution in [3.8, 4) is 0 Å². The van der Waals surface area contributed by atoms with Crippen LogP contribution in [0.4, 0.5) is 17.2 Å². The van der Waals surface area contributed by atoms with Gasteiger partial charge in [0.2, 0.25) is 11.8 Å². The number of hydrogen-bond acceptors (Lipinski definition) is 5. The number of nitrogens with two attached hydrogens (primary N) is 1. The normalized spacial score (nSPS) is 15.2. The van der Waals surface area contributed by atoms with Crippen molar-refractivity contribution in [3.05, 3.63) is 50.7 Å². The van der Waals surface area contributed by atoms with Gasteiger partial charge in [-0.3, -0.25) is 23.9 Å². The Morgan fingerprint density at radius 2 is 1.94 bits per heavy atom. The molecular weight excluding hydrogens is 410 g/mol. The van der Waals surface area contributed by atoms with Crippen LogP contribution >= 0.6 is 0 Å². The van der Waals surface area contributed by atoms with Crippen molar-refractivity contribution in [1.82, 2.24) is 9.55 Å². The standard InChI is InChI=1S/C23H31N5O4/c1-3-5-13-28-20(24)19(22(31)26-23(28)32)27(12-4-2)18(29)11-10-16-14-15-8-6-7-9-17(15)25-21(16)30/h6-9,16H,3-5,10-14,24H2,1-2H3,(H,25,30)(H,26,31,32)/t16-/m1/s1. The molecule has 2 heterocycles. The number of aromatic amines is 1. The van der Waals surface area contributed by atoms with E-state index in [2.05, 4.69) is 10.3 Å². The third-order valence-corrected chi connectivity index (χ3v) is 5.79. The van der Waals surface area contributed by atoms with E-state index in [1.807, 2.05) is 38.1 Å². The molecule has 2 aromatic rings. The number of benzene rings is 1. The van der Waals surface area contributed by atoms with E-state index in [1.54, 1.807) is 0 Å². The highest BCUT2D eigenvalue weighted by Crippen LogP contribution is 2.28. The highest BCUT2D eigenvalue weighted by atomic mass is 16.2. The van der Waals surface area contributed by atoms with Crippen LogP contribution in [0.1, 0.15) is 51.5 Å². The number of rotatable bonds is 9. The first kappa shape index (κ1) is 23.3. The number of aromatic nitrogens is 2. The lowest BCUT2D eigenvalue weighted by atomic mass is 9.89. The highest BCUT2D eigenvalue weighted by molar-refractivity contribution is 5.98. The van der Waals surface area contributed by atoms with Crippen molar-refractivity contribution in [3.63, 3.8) is 0 Å². The number of nitrogens with zero attached hydrogens (tertiary/aromatic N) is 2. The molecule has 1 aromatic heterocycles. The Morgan fingerprint density at radius 3 is 2.66 bits per heavy atom. The summed E-state index contributed by atoms with van der Waals surface area (Å²) in [5.74, 6) is -0.731. The third-order valence-electron chi connectivity index (χ3n) is 5.79. The van der Waals surface area contributed by atoms with Crippen molar-refractivity contribution in [1.29, 1.82) is 0 Å². The van der Waals surface area contributed by atoms with Crippen LogP contribution in [0, 0.1) is 5.92 Å². The fourth-order valence-electron chi connectivity index (χ4n) is 4.04. The van der Waals surface area contributed by atoms with Gasteiger partial charge in [0, 0.05) is 31.1 Å². The number of amides is 2. The number of hydrogen-bond donors (Lipinski definition) is 3. The largest absolute Gasteiger partial charge is 0.383 e. The summed E-state index contributed by atoms with van der Waals surface area (Å²) in [7, 11) is 0. The number of anilines is 3. The summed E-state index contributed by atoms with van der Waals surface area (Å²) in [6.45, 7) is 4.53. The van der Waals surface area contributed by atoms with E-state index in [0.29, 0.717) is 25.8 Å². The zero-order valence-corrected chi connectivity index (χ0v) is 18.6. The minimum absolute atomic E-state index is 0.00154. The highest BCUT2D eigenvalue weighted by Gasteiger charge is 2.29. The fourth-order valence-corrected chi connectivity index (χ4v) is 4.04. The lowest BCUT2D eigenvalue weighted by Crippen LogP contribution is -2.42. The second kappa shape index (κ2) is 10.3. The Kier molecular flexibility index (Phi) is 7.50. The Morgan fingerprint density at radius 1 is 1.19 bits per heavy atom. The predicted octanol–water partition coefficient (Wildman–Crippen LogP) is 2.25. The van der Waals surface area contributed by atoms with E-state index in [1.165, 1.54) is 9.47 Å². The van der Waals surface area contributed by atoms with Gasteiger partial charge in [-0.15, -0.1) is 0 Å². The summed E-state index contributed by atoms with van der Waals surface area (Å²) in [5, 5.41) is 2.89. The number of carbonyl (C=O) groups is 2. The summed E-state index contributed by atoms with van der Waals surface area (Å²) >= 11 is 0. The van der Waals surface area contributed by atoms with E-state index in [4.69, 9.17) is 5.73 Å². The van der Waals surface area contributed by atoms with Gasteiger partial charge in [-0.1, -0.05) is 38.5 Å². The molecule has 1 aliphatic heterocycles. The smallest absolute Gasteiger partial charge is 0.330 e. The summed E-state index contributed by atoms with van der Waals surface area (Å²) in [5.41, 5.74) is 6.79. The second-order valence-electron chi connectivity index (χ2n) is 8.13. The first-order valence-electron chi connectivity index (χ1n) is 11.2. The molecule has 172 valence electrons. The Labute approximate surface area is 186 Å². The Balaban J connectivity index is 1.80. The molecule has 0 saturated carbocycles. The molecule has 0 saturated heterocycles. The van der Waals surface area contributed by atoms with Crippen LogP contribution in [-0.2, 0) is 22.6 Å². The van der Waals surface area contributed by atoms with Gasteiger partial charge < -0.3 is 16.0 Å². The molecule has 0 radical (unpaired) electrons. The number of unbranched alkanes of at least 4 members (excludes halogenated alkanes) is 1. The summed E-state index contributed by atoms with van der Waals surface area (Å²) in [6.07, 6.45) is 3.18. The molecule has 4 N–H and O–H groups in total. The van der Waals surface area contributed by atoms with E-state index in [-0.39, 0.29) is 42.2 Å². The van der Waals surface area contributed by atoms with E-state index in [9.17, 15) is 19.2 Å². The van der Waals surface area contributed by atoms with Gasteiger partial charge in [-0.05, 0) is 37.3 Å². The van der Waals surface area contributed by atoms with Gasteiger partial charge in [-0.2, -0.15) is 0 Å². The SMILES string of the molecule is CCCCn1c(N)c(N(CCC)C(=O)CC[C@@H]2Cc3ccccc3NC2=O)c(=O)[nH]c1=O. The monoisotopic (exact) mass is 441 g/mol. The minimum Gasteiger partial charge on any atom is -0.383 e. The summed E-state index contributed by atoms with van der Waals surface area (Å²) in [6, 6.07) is 7.62. The predicted molar refractivity (Wildman–Crippen MR) is 125 cm³/mol. The molecule has 0 unspecified atom stereocenters. The maximum atomic E-state index is 13.1. The Bertz CT molecular complexity index is 1100. The number of carbonyl (C=O) groups excluding carboxylic acids is 2. The molecule has 3 rings (SSSR count). The van der Waals surface area contributed by atoms with Gasteiger partial charge in [0.15, 0.2) is 5.69 Å². The molecular formula is C23H31N5O4. The molecule has 1 atom stereocenters. The van der Waals surface area contributed by atoms with Crippen LogP contribution in [0.3, 0.4) is 0 Å². The van der Waals surface area contributed by atoms with Crippen molar-refractivity contribution >= 4 is 29.0 Å². The maximum absolute atomic E-state index is 13.1. The molecule has 1 aliphatic rings. The number of nitrogens with one attached hydrogen (secondary N) is 2. The van der Waals surface area contributed by atoms with Gasteiger partial charge in [0.05, 0.1) is 0 Å². The van der Waals surface area contributed by atoms with Crippen molar-refractivity contribution in [2.24, 2.45) is 5.92 Å².